The van der Waals surface area contributed by atoms with Gasteiger partial charge in [0.05, 0.1) is 19.8 Å². The minimum absolute atomic E-state index is 0.0245. The molecule has 0 N–H and O–H groups in total. The second kappa shape index (κ2) is 6.39. The predicted octanol–water partition coefficient (Wildman–Crippen LogP) is 3.58. The van der Waals surface area contributed by atoms with Crippen LogP contribution in [-0.4, -0.2) is 20.0 Å². The summed E-state index contributed by atoms with van der Waals surface area (Å²) < 4.78 is 24.2. The van der Waals surface area contributed by atoms with Crippen molar-refractivity contribution in [1.29, 1.82) is 0 Å². The molecule has 0 radical (unpaired) electrons. The molecule has 0 spiro atoms. The van der Waals surface area contributed by atoms with Crippen LogP contribution in [0.15, 0.2) is 36.4 Å². The summed E-state index contributed by atoms with van der Waals surface area (Å²) in [6, 6.07) is 9.91. The van der Waals surface area contributed by atoms with Gasteiger partial charge in [0.15, 0.2) is 5.78 Å². The Morgan fingerprint density at radius 2 is 1.81 bits per heavy atom. The molecular formula is C17H17FO3. The highest BCUT2D eigenvalue weighted by atomic mass is 19.1. The van der Waals surface area contributed by atoms with Crippen LogP contribution in [0, 0.1) is 12.7 Å². The van der Waals surface area contributed by atoms with Crippen molar-refractivity contribution in [3.8, 4) is 11.5 Å². The summed E-state index contributed by atoms with van der Waals surface area (Å²) in [5.41, 5.74) is 1.72. The summed E-state index contributed by atoms with van der Waals surface area (Å²) >= 11 is 0. The zero-order valence-electron chi connectivity index (χ0n) is 12.3. The van der Waals surface area contributed by atoms with E-state index in [1.54, 1.807) is 19.2 Å². The normalized spacial score (nSPS) is 10.3. The maximum atomic E-state index is 13.9. The smallest absolute Gasteiger partial charge is 0.174 e. The summed E-state index contributed by atoms with van der Waals surface area (Å²) in [6.07, 6.45) is 0.0577. The number of methoxy groups -OCH3 is 2. The molecule has 0 bridgehead atoms. The van der Waals surface area contributed by atoms with Crippen molar-refractivity contribution < 1.29 is 18.7 Å². The number of rotatable bonds is 5. The van der Waals surface area contributed by atoms with Crippen LogP contribution < -0.4 is 9.47 Å². The predicted molar refractivity (Wildman–Crippen MR) is 78.7 cm³/mol. The molecule has 0 aromatic heterocycles. The van der Waals surface area contributed by atoms with Gasteiger partial charge in [0, 0.05) is 12.0 Å². The molecule has 4 heteroatoms. The van der Waals surface area contributed by atoms with E-state index in [4.69, 9.17) is 9.47 Å². The third-order valence-electron chi connectivity index (χ3n) is 3.26. The summed E-state index contributed by atoms with van der Waals surface area (Å²) in [4.78, 5) is 12.4. The quantitative estimate of drug-likeness (QED) is 0.789. The average Bonchev–Trinajstić information content (AvgIpc) is 2.47. The van der Waals surface area contributed by atoms with E-state index in [2.05, 4.69) is 0 Å². The molecular weight excluding hydrogens is 271 g/mol. The first-order valence-electron chi connectivity index (χ1n) is 6.56. The van der Waals surface area contributed by atoms with Gasteiger partial charge in [-0.25, -0.2) is 4.39 Å². The van der Waals surface area contributed by atoms with Crippen LogP contribution >= 0.6 is 0 Å². The molecule has 0 heterocycles. The number of ketones is 1. The highest BCUT2D eigenvalue weighted by molar-refractivity contribution is 6.00. The Balaban J connectivity index is 2.37. The van der Waals surface area contributed by atoms with Gasteiger partial charge < -0.3 is 9.47 Å². The van der Waals surface area contributed by atoms with Gasteiger partial charge in [-0.1, -0.05) is 23.8 Å². The molecule has 3 nitrogen and oxygen atoms in total. The Kier molecular flexibility index (Phi) is 4.58. The summed E-state index contributed by atoms with van der Waals surface area (Å²) in [7, 11) is 2.96. The van der Waals surface area contributed by atoms with Crippen molar-refractivity contribution >= 4 is 5.78 Å². The standard InChI is InChI=1S/C17H17FO3/c1-11-7-8-15(20-2)12(9-11)10-14(19)17-13(18)5-4-6-16(17)21-3/h4-9H,10H2,1-3H3. The lowest BCUT2D eigenvalue weighted by Crippen LogP contribution is -2.09. The molecule has 0 unspecified atom stereocenters. The maximum absolute atomic E-state index is 13.9. The molecule has 0 saturated heterocycles. The average molecular weight is 288 g/mol. The minimum atomic E-state index is -0.578. The van der Waals surface area contributed by atoms with Gasteiger partial charge in [-0.3, -0.25) is 4.79 Å². The van der Waals surface area contributed by atoms with E-state index in [9.17, 15) is 9.18 Å². The van der Waals surface area contributed by atoms with E-state index in [-0.39, 0.29) is 23.5 Å². The molecule has 2 aromatic carbocycles. The van der Waals surface area contributed by atoms with Crippen LogP contribution in [-0.2, 0) is 6.42 Å². The van der Waals surface area contributed by atoms with Crippen LogP contribution in [0.1, 0.15) is 21.5 Å². The molecule has 0 saturated carbocycles. The number of aryl methyl sites for hydroxylation is 1. The Morgan fingerprint density at radius 1 is 1.10 bits per heavy atom. The lowest BCUT2D eigenvalue weighted by Gasteiger charge is -2.11. The Morgan fingerprint density at radius 3 is 2.48 bits per heavy atom. The van der Waals surface area contributed by atoms with Gasteiger partial charge in [0.1, 0.15) is 17.3 Å². The third-order valence-corrected chi connectivity index (χ3v) is 3.26. The van der Waals surface area contributed by atoms with Crippen LogP contribution in [0.25, 0.3) is 0 Å². The van der Waals surface area contributed by atoms with Crippen molar-refractivity contribution in [1.82, 2.24) is 0 Å². The zero-order chi connectivity index (χ0) is 15.4. The number of carbonyl (C=O) groups excluding carboxylic acids is 1. The summed E-state index contributed by atoms with van der Waals surface area (Å²) in [5, 5.41) is 0. The molecule has 21 heavy (non-hydrogen) atoms. The second-order valence-corrected chi connectivity index (χ2v) is 4.73. The van der Waals surface area contributed by atoms with E-state index in [1.807, 2.05) is 19.1 Å². The zero-order valence-corrected chi connectivity index (χ0v) is 12.3. The number of ether oxygens (including phenoxy) is 2. The number of benzene rings is 2. The van der Waals surface area contributed by atoms with Crippen LogP contribution in [0.4, 0.5) is 4.39 Å². The molecule has 2 rings (SSSR count). The molecule has 110 valence electrons. The molecule has 0 fully saturated rings. The van der Waals surface area contributed by atoms with Crippen molar-refractivity contribution in [2.75, 3.05) is 14.2 Å². The van der Waals surface area contributed by atoms with Gasteiger partial charge >= 0.3 is 0 Å². The number of hydrogen-bond acceptors (Lipinski definition) is 3. The van der Waals surface area contributed by atoms with E-state index < -0.39 is 5.82 Å². The van der Waals surface area contributed by atoms with E-state index >= 15 is 0 Å². The fraction of sp³-hybridized carbons (Fsp3) is 0.235. The largest absolute Gasteiger partial charge is 0.496 e. The van der Waals surface area contributed by atoms with Crippen molar-refractivity contribution in [2.45, 2.75) is 13.3 Å². The van der Waals surface area contributed by atoms with E-state index in [1.165, 1.54) is 19.2 Å². The van der Waals surface area contributed by atoms with Crippen molar-refractivity contribution in [3.05, 3.63) is 58.9 Å². The molecule has 0 atom stereocenters. The Bertz CT molecular complexity index is 665. The molecule has 0 aliphatic rings. The highest BCUT2D eigenvalue weighted by Gasteiger charge is 2.19. The Hall–Kier alpha value is -2.36. The topological polar surface area (TPSA) is 35.5 Å². The number of carbonyl (C=O) groups is 1. The van der Waals surface area contributed by atoms with Gasteiger partial charge in [-0.15, -0.1) is 0 Å². The first-order valence-corrected chi connectivity index (χ1v) is 6.56. The lowest BCUT2D eigenvalue weighted by molar-refractivity contribution is 0.0985. The van der Waals surface area contributed by atoms with E-state index in [0.717, 1.165) is 11.1 Å². The van der Waals surface area contributed by atoms with E-state index in [0.29, 0.717) is 5.75 Å². The fourth-order valence-corrected chi connectivity index (χ4v) is 2.25. The summed E-state index contributed by atoms with van der Waals surface area (Å²) in [6.45, 7) is 1.93. The molecule has 2 aromatic rings. The lowest BCUT2D eigenvalue weighted by atomic mass is 9.99. The second-order valence-electron chi connectivity index (χ2n) is 4.73. The molecule has 0 aliphatic carbocycles. The molecule has 0 aliphatic heterocycles. The highest BCUT2D eigenvalue weighted by Crippen LogP contribution is 2.26. The van der Waals surface area contributed by atoms with Crippen molar-refractivity contribution in [3.63, 3.8) is 0 Å². The van der Waals surface area contributed by atoms with Gasteiger partial charge in [-0.2, -0.15) is 0 Å². The molecule has 0 amide bonds. The first-order chi connectivity index (χ1) is 10.1. The van der Waals surface area contributed by atoms with Gasteiger partial charge in [-0.05, 0) is 25.1 Å². The number of halogens is 1. The fourth-order valence-electron chi connectivity index (χ4n) is 2.25. The number of Topliss-reactive ketones (excluding diaryl/α,β-unsaturated/α-hetero) is 1. The van der Waals surface area contributed by atoms with Crippen molar-refractivity contribution in [2.24, 2.45) is 0 Å². The van der Waals surface area contributed by atoms with Crippen LogP contribution in [0.5, 0.6) is 11.5 Å². The monoisotopic (exact) mass is 288 g/mol. The van der Waals surface area contributed by atoms with Gasteiger partial charge in [0.2, 0.25) is 0 Å². The summed E-state index contributed by atoms with van der Waals surface area (Å²) in [5.74, 6) is -0.0595. The van der Waals surface area contributed by atoms with Gasteiger partial charge in [0.25, 0.3) is 0 Å². The van der Waals surface area contributed by atoms with Crippen LogP contribution in [0.3, 0.4) is 0 Å². The minimum Gasteiger partial charge on any atom is -0.496 e. The van der Waals surface area contributed by atoms with Crippen LogP contribution in [0.2, 0.25) is 0 Å². The third kappa shape index (κ3) is 3.21. The first kappa shape index (κ1) is 15.0. The number of hydrogen-bond donors (Lipinski definition) is 0. The Labute approximate surface area is 123 Å². The SMILES string of the molecule is COc1ccc(C)cc1CC(=O)c1c(F)cccc1OC. The maximum Gasteiger partial charge on any atom is 0.174 e.